The van der Waals surface area contributed by atoms with Crippen molar-refractivity contribution in [2.24, 2.45) is 0 Å². The summed E-state index contributed by atoms with van der Waals surface area (Å²) in [6, 6.07) is 14.4. The van der Waals surface area contributed by atoms with E-state index in [4.69, 9.17) is 19.9 Å². The molecule has 0 saturated heterocycles. The van der Waals surface area contributed by atoms with Crippen LogP contribution in [0.2, 0.25) is 0 Å². The number of hydrogen-bond acceptors (Lipinski definition) is 9. The summed E-state index contributed by atoms with van der Waals surface area (Å²) in [5, 5.41) is 4.09. The van der Waals surface area contributed by atoms with Gasteiger partial charge in [-0.25, -0.2) is 14.5 Å². The number of phosphoric ester groups is 1. The lowest BCUT2D eigenvalue weighted by atomic mass is 10.1. The number of rotatable bonds is 9. The summed E-state index contributed by atoms with van der Waals surface area (Å²) >= 11 is 0. The van der Waals surface area contributed by atoms with E-state index in [9.17, 15) is 9.46 Å². The van der Waals surface area contributed by atoms with Crippen LogP contribution in [0.4, 0.5) is 5.82 Å². The molecule has 0 aliphatic rings. The molecule has 33 heavy (non-hydrogen) atoms. The predicted molar refractivity (Wildman–Crippen MR) is 113 cm³/mol. The van der Waals surface area contributed by atoms with Crippen molar-refractivity contribution in [3.8, 4) is 17.1 Å². The van der Waals surface area contributed by atoms with E-state index in [1.54, 1.807) is 36.7 Å². The van der Waals surface area contributed by atoms with Gasteiger partial charge in [0.05, 0.1) is 11.9 Å². The third-order valence-electron chi connectivity index (χ3n) is 4.59. The Hall–Kier alpha value is -3.63. The lowest BCUT2D eigenvalue weighted by Gasteiger charge is -2.14. The molecule has 0 aliphatic heterocycles. The number of anilines is 1. The van der Waals surface area contributed by atoms with Gasteiger partial charge in [0.2, 0.25) is 0 Å². The van der Waals surface area contributed by atoms with Crippen LogP contribution in [0.15, 0.2) is 71.6 Å². The van der Waals surface area contributed by atoms with Crippen LogP contribution in [0.25, 0.3) is 11.3 Å². The van der Waals surface area contributed by atoms with E-state index in [0.29, 0.717) is 35.0 Å². The van der Waals surface area contributed by atoms with E-state index in [-0.39, 0.29) is 12.4 Å². The van der Waals surface area contributed by atoms with Crippen LogP contribution >= 0.6 is 7.82 Å². The molecule has 0 fully saturated rings. The molecule has 1 atom stereocenters. The van der Waals surface area contributed by atoms with Crippen molar-refractivity contribution in [3.63, 3.8) is 0 Å². The Morgan fingerprint density at radius 2 is 1.91 bits per heavy atom. The second kappa shape index (κ2) is 9.88. The molecule has 0 radical (unpaired) electrons. The molecule has 0 aliphatic carbocycles. The summed E-state index contributed by atoms with van der Waals surface area (Å²) in [6.07, 6.45) is 5.36. The van der Waals surface area contributed by atoms with Crippen LogP contribution in [-0.2, 0) is 28.8 Å². The second-order valence-corrected chi connectivity index (χ2v) is 8.16. The Labute approximate surface area is 188 Å². The molecule has 1 unspecified atom stereocenters. The van der Waals surface area contributed by atoms with Crippen molar-refractivity contribution in [1.29, 1.82) is 0 Å². The maximum absolute atomic E-state index is 10.8. The third kappa shape index (κ3) is 6.21. The molecule has 4 aromatic rings. The third-order valence-corrected chi connectivity index (χ3v) is 5.04. The molecule has 0 bridgehead atoms. The van der Waals surface area contributed by atoms with E-state index < -0.39 is 14.6 Å². The first kappa shape index (κ1) is 22.6. The second-order valence-electron chi connectivity index (χ2n) is 6.96. The summed E-state index contributed by atoms with van der Waals surface area (Å²) in [6.45, 7) is -0.191. The van der Waals surface area contributed by atoms with Crippen LogP contribution in [0.1, 0.15) is 17.1 Å². The van der Waals surface area contributed by atoms with Gasteiger partial charge in [-0.1, -0.05) is 17.3 Å². The van der Waals surface area contributed by atoms with Crippen molar-refractivity contribution in [1.82, 2.24) is 15.1 Å². The Morgan fingerprint density at radius 3 is 2.64 bits per heavy atom. The molecular formula is C21H20N5O6P. The summed E-state index contributed by atoms with van der Waals surface area (Å²) < 4.78 is 27.7. The van der Waals surface area contributed by atoms with Crippen LogP contribution in [0.5, 0.6) is 5.75 Å². The van der Waals surface area contributed by atoms with Gasteiger partial charge in [-0.3, -0.25) is 14.8 Å². The smallest absolute Gasteiger partial charge is 0.285 e. The number of hydrogen-bond donors (Lipinski definition) is 2. The average molecular weight is 469 g/mol. The lowest BCUT2D eigenvalue weighted by molar-refractivity contribution is -0.712. The topological polar surface area (TPSA) is 161 Å². The van der Waals surface area contributed by atoms with Crippen LogP contribution in [-0.4, -0.2) is 20.0 Å². The molecule has 0 saturated carbocycles. The van der Waals surface area contributed by atoms with Gasteiger partial charge < -0.3 is 19.0 Å². The highest BCUT2D eigenvalue weighted by atomic mass is 31.2. The van der Waals surface area contributed by atoms with Gasteiger partial charge in [-0.2, -0.15) is 0 Å². The van der Waals surface area contributed by atoms with Crippen LogP contribution in [0.3, 0.4) is 0 Å². The molecule has 1 aromatic carbocycles. The molecule has 0 spiro atoms. The monoisotopic (exact) mass is 469 g/mol. The molecule has 170 valence electrons. The minimum Gasteiger partial charge on any atom is -0.756 e. The van der Waals surface area contributed by atoms with Gasteiger partial charge in [0.25, 0.3) is 13.6 Å². The molecule has 0 amide bonds. The fraction of sp³-hybridized carbons (Fsp3) is 0.143. The number of benzene rings is 1. The maximum atomic E-state index is 10.8. The first-order valence-corrected chi connectivity index (χ1v) is 11.3. The molecule has 3 N–H and O–H groups in total. The summed E-state index contributed by atoms with van der Waals surface area (Å²) in [7, 11) is -4.87. The highest BCUT2D eigenvalue weighted by Gasteiger charge is 2.18. The van der Waals surface area contributed by atoms with Gasteiger partial charge in [0.1, 0.15) is 17.9 Å². The van der Waals surface area contributed by atoms with Crippen molar-refractivity contribution in [2.75, 3.05) is 5.73 Å². The van der Waals surface area contributed by atoms with Crippen molar-refractivity contribution >= 4 is 13.6 Å². The van der Waals surface area contributed by atoms with Gasteiger partial charge in [0, 0.05) is 24.9 Å². The number of phosphoric acid groups is 1. The van der Waals surface area contributed by atoms with Crippen LogP contribution < -0.4 is 19.9 Å². The number of nitrogens with two attached hydrogens (primary N) is 1. The van der Waals surface area contributed by atoms with E-state index in [2.05, 4.69) is 19.6 Å². The minimum atomic E-state index is -4.87. The minimum absolute atomic E-state index is 0.192. The van der Waals surface area contributed by atoms with Crippen molar-refractivity contribution in [2.45, 2.75) is 19.8 Å². The van der Waals surface area contributed by atoms with Crippen molar-refractivity contribution < 1.29 is 32.7 Å². The first-order chi connectivity index (χ1) is 15.9. The lowest BCUT2D eigenvalue weighted by Crippen LogP contribution is -2.38. The van der Waals surface area contributed by atoms with E-state index in [1.807, 2.05) is 24.3 Å². The number of nitrogens with zero attached hydrogens (tertiary/aromatic N) is 4. The van der Waals surface area contributed by atoms with Gasteiger partial charge in [-0.05, 0) is 35.9 Å². The zero-order chi connectivity index (χ0) is 23.3. The Balaban J connectivity index is 1.40. The molecular weight excluding hydrogens is 449 g/mol. The normalized spacial score (nSPS) is 12.9. The Bertz CT molecular complexity index is 1260. The van der Waals surface area contributed by atoms with Gasteiger partial charge in [0.15, 0.2) is 18.3 Å². The molecule has 12 heteroatoms. The fourth-order valence-corrected chi connectivity index (χ4v) is 3.28. The summed E-state index contributed by atoms with van der Waals surface area (Å²) in [4.78, 5) is 27.9. The Kier molecular flexibility index (Phi) is 6.76. The standard InChI is InChI=1S/C21H20N5O6P/c22-21-18(3-1-10-26(21)14-31-33(27,28)29)19-12-16(25-32-19)11-15-4-6-17(7-5-15)30-13-20-23-8-2-9-24-20/h1-10,12,22H,11,13-14H2,(H2,27,28,29). The average Bonchev–Trinajstić information content (AvgIpc) is 3.26. The molecule has 3 aromatic heterocycles. The van der Waals surface area contributed by atoms with Gasteiger partial charge >= 0.3 is 0 Å². The number of aromatic nitrogens is 4. The summed E-state index contributed by atoms with van der Waals surface area (Å²) in [5.41, 5.74) is 8.28. The zero-order valence-electron chi connectivity index (χ0n) is 17.3. The van der Waals surface area contributed by atoms with E-state index >= 15 is 0 Å². The van der Waals surface area contributed by atoms with E-state index in [1.165, 1.54) is 10.8 Å². The van der Waals surface area contributed by atoms with E-state index in [0.717, 1.165) is 5.56 Å². The van der Waals surface area contributed by atoms with Crippen LogP contribution in [0, 0.1) is 0 Å². The Morgan fingerprint density at radius 1 is 1.15 bits per heavy atom. The van der Waals surface area contributed by atoms with Gasteiger partial charge in [-0.15, -0.1) is 0 Å². The highest BCUT2D eigenvalue weighted by Crippen LogP contribution is 2.30. The number of nitrogen functional groups attached to an aromatic ring is 1. The molecule has 11 nitrogen and oxygen atoms in total. The quantitative estimate of drug-likeness (QED) is 0.272. The maximum Gasteiger partial charge on any atom is 0.285 e. The SMILES string of the molecule is Nc1c(-c2cc(Cc3ccc(OCc4ncccn4)cc3)no2)ccc[n+]1COP(=O)([O-])O. The highest BCUT2D eigenvalue weighted by molar-refractivity contribution is 7.44. The summed E-state index contributed by atoms with van der Waals surface area (Å²) in [5.74, 6) is 1.90. The number of pyridine rings is 1. The first-order valence-electron chi connectivity index (χ1n) is 9.77. The largest absolute Gasteiger partial charge is 0.756 e. The predicted octanol–water partition coefficient (Wildman–Crippen LogP) is 1.61. The number of ether oxygens (including phenoxy) is 1. The molecule has 3 heterocycles. The molecule has 4 rings (SSSR count). The zero-order valence-corrected chi connectivity index (χ0v) is 18.2. The van der Waals surface area contributed by atoms with Crippen molar-refractivity contribution in [3.05, 3.63) is 84.2 Å². The fourth-order valence-electron chi connectivity index (χ4n) is 3.01.